The van der Waals surface area contributed by atoms with E-state index < -0.39 is 0 Å². The maximum absolute atomic E-state index is 3.57. The second-order valence-electron chi connectivity index (χ2n) is 3.88. The maximum Gasteiger partial charge on any atom is 0.0311 e. The smallest absolute Gasteiger partial charge is 0.0311 e. The number of halogens is 1. The van der Waals surface area contributed by atoms with Crippen molar-refractivity contribution in [1.82, 2.24) is 5.32 Å². The van der Waals surface area contributed by atoms with Crippen LogP contribution >= 0.6 is 27.7 Å². The van der Waals surface area contributed by atoms with Crippen LogP contribution in [0.5, 0.6) is 0 Å². The molecule has 0 aliphatic heterocycles. The van der Waals surface area contributed by atoms with Gasteiger partial charge in [-0.2, -0.15) is 0 Å². The third-order valence-electron chi connectivity index (χ3n) is 2.43. The van der Waals surface area contributed by atoms with Crippen LogP contribution in [0.3, 0.4) is 0 Å². The van der Waals surface area contributed by atoms with Crippen LogP contribution in [0.15, 0.2) is 33.6 Å². The Balaban J connectivity index is 2.19. The first-order chi connectivity index (χ1) is 7.74. The maximum atomic E-state index is 3.57. The molecule has 0 aliphatic carbocycles. The van der Waals surface area contributed by atoms with Crippen LogP contribution in [0, 0.1) is 0 Å². The van der Waals surface area contributed by atoms with Crippen LogP contribution in [0.4, 0.5) is 0 Å². The Hall–Kier alpha value is 0.01000. The Bertz CT molecular complexity index is 304. The lowest BCUT2D eigenvalue weighted by Gasteiger charge is -2.11. The molecule has 0 aliphatic rings. The molecule has 16 heavy (non-hydrogen) atoms. The number of benzene rings is 1. The lowest BCUT2D eigenvalue weighted by molar-refractivity contribution is 0.526. The van der Waals surface area contributed by atoms with Gasteiger partial charge in [0.05, 0.1) is 0 Å². The summed E-state index contributed by atoms with van der Waals surface area (Å²) in [5.74, 6) is 1.19. The van der Waals surface area contributed by atoms with Crippen LogP contribution in [-0.2, 0) is 0 Å². The third kappa shape index (κ3) is 5.37. The standard InChI is InChI=1S/C13H20BrNS/c1-3-15-11(2)7-6-10-16-13-9-5-4-8-12(13)14/h4-5,8-9,11,15H,3,6-7,10H2,1-2H3. The van der Waals surface area contributed by atoms with Crippen LogP contribution < -0.4 is 5.32 Å². The van der Waals surface area contributed by atoms with Gasteiger partial charge in [0.25, 0.3) is 0 Å². The SMILES string of the molecule is CCNC(C)CCCSc1ccccc1Br. The van der Waals surface area contributed by atoms with E-state index in [1.807, 2.05) is 11.8 Å². The van der Waals surface area contributed by atoms with E-state index in [4.69, 9.17) is 0 Å². The van der Waals surface area contributed by atoms with E-state index >= 15 is 0 Å². The predicted molar refractivity (Wildman–Crippen MR) is 77.2 cm³/mol. The summed E-state index contributed by atoms with van der Waals surface area (Å²) < 4.78 is 1.21. The van der Waals surface area contributed by atoms with Gasteiger partial charge in [0.15, 0.2) is 0 Å². The highest BCUT2D eigenvalue weighted by atomic mass is 79.9. The van der Waals surface area contributed by atoms with E-state index in [0.717, 1.165) is 6.54 Å². The van der Waals surface area contributed by atoms with Crippen molar-refractivity contribution in [3.8, 4) is 0 Å². The lowest BCUT2D eigenvalue weighted by atomic mass is 10.2. The molecule has 1 N–H and O–H groups in total. The van der Waals surface area contributed by atoms with E-state index in [1.165, 1.54) is 28.0 Å². The number of rotatable bonds is 7. The number of hydrogen-bond donors (Lipinski definition) is 1. The average molecular weight is 302 g/mol. The van der Waals surface area contributed by atoms with Crippen LogP contribution in [0.1, 0.15) is 26.7 Å². The highest BCUT2D eigenvalue weighted by Crippen LogP contribution is 2.27. The fourth-order valence-electron chi connectivity index (χ4n) is 1.58. The highest BCUT2D eigenvalue weighted by Gasteiger charge is 2.01. The van der Waals surface area contributed by atoms with Gasteiger partial charge < -0.3 is 5.32 Å². The molecule has 1 atom stereocenters. The second-order valence-corrected chi connectivity index (χ2v) is 5.87. The third-order valence-corrected chi connectivity index (χ3v) is 4.54. The summed E-state index contributed by atoms with van der Waals surface area (Å²) in [7, 11) is 0. The molecule has 0 radical (unpaired) electrons. The van der Waals surface area contributed by atoms with Gasteiger partial charge in [0.2, 0.25) is 0 Å². The minimum atomic E-state index is 0.643. The fraction of sp³-hybridized carbons (Fsp3) is 0.538. The topological polar surface area (TPSA) is 12.0 Å². The molecule has 90 valence electrons. The largest absolute Gasteiger partial charge is 0.315 e. The fourth-order valence-corrected chi connectivity index (χ4v) is 3.12. The van der Waals surface area contributed by atoms with E-state index in [2.05, 4.69) is 59.4 Å². The van der Waals surface area contributed by atoms with Gasteiger partial charge in [-0.05, 0) is 60.1 Å². The van der Waals surface area contributed by atoms with Crippen LogP contribution in [0.25, 0.3) is 0 Å². The zero-order valence-corrected chi connectivity index (χ0v) is 12.4. The van der Waals surface area contributed by atoms with Crippen LogP contribution in [-0.4, -0.2) is 18.3 Å². The minimum absolute atomic E-state index is 0.643. The molecular weight excluding hydrogens is 282 g/mol. The molecule has 1 rings (SSSR count). The summed E-state index contributed by atoms with van der Waals surface area (Å²) in [5.41, 5.74) is 0. The minimum Gasteiger partial charge on any atom is -0.315 e. The molecule has 0 saturated carbocycles. The number of nitrogens with one attached hydrogen (secondary N) is 1. The van der Waals surface area contributed by atoms with Crippen molar-refractivity contribution in [2.24, 2.45) is 0 Å². The summed E-state index contributed by atoms with van der Waals surface area (Å²) in [4.78, 5) is 1.35. The first kappa shape index (κ1) is 14.1. The summed E-state index contributed by atoms with van der Waals surface area (Å²) in [6.45, 7) is 5.48. The summed E-state index contributed by atoms with van der Waals surface area (Å²) in [6, 6.07) is 9.06. The van der Waals surface area contributed by atoms with Crippen molar-refractivity contribution < 1.29 is 0 Å². The molecule has 3 heteroatoms. The monoisotopic (exact) mass is 301 g/mol. The first-order valence-electron chi connectivity index (χ1n) is 5.84. The van der Waals surface area contributed by atoms with Crippen molar-refractivity contribution in [2.75, 3.05) is 12.3 Å². The second kappa shape index (κ2) is 8.15. The Labute approximate surface area is 112 Å². The van der Waals surface area contributed by atoms with Gasteiger partial charge >= 0.3 is 0 Å². The van der Waals surface area contributed by atoms with Crippen molar-refractivity contribution in [3.63, 3.8) is 0 Å². The van der Waals surface area contributed by atoms with E-state index in [-0.39, 0.29) is 0 Å². The van der Waals surface area contributed by atoms with Gasteiger partial charge in [0.1, 0.15) is 0 Å². The number of thioether (sulfide) groups is 1. The summed E-state index contributed by atoms with van der Waals surface area (Å²) in [5, 5.41) is 3.44. The normalized spacial score (nSPS) is 12.7. The molecule has 1 aromatic rings. The zero-order chi connectivity index (χ0) is 11.8. The lowest BCUT2D eigenvalue weighted by Crippen LogP contribution is -2.25. The quantitative estimate of drug-likeness (QED) is 0.594. The van der Waals surface area contributed by atoms with Crippen molar-refractivity contribution in [2.45, 2.75) is 37.6 Å². The molecule has 0 aromatic heterocycles. The predicted octanol–water partition coefficient (Wildman–Crippen LogP) is 4.32. The van der Waals surface area contributed by atoms with Crippen molar-refractivity contribution in [3.05, 3.63) is 28.7 Å². The van der Waals surface area contributed by atoms with Crippen LogP contribution in [0.2, 0.25) is 0 Å². The number of hydrogen-bond acceptors (Lipinski definition) is 2. The first-order valence-corrected chi connectivity index (χ1v) is 7.62. The van der Waals surface area contributed by atoms with E-state index in [9.17, 15) is 0 Å². The molecule has 0 saturated heterocycles. The van der Waals surface area contributed by atoms with Gasteiger partial charge in [-0.15, -0.1) is 11.8 Å². The highest BCUT2D eigenvalue weighted by molar-refractivity contribution is 9.10. The molecule has 0 amide bonds. The van der Waals surface area contributed by atoms with Crippen molar-refractivity contribution in [1.29, 1.82) is 0 Å². The zero-order valence-electron chi connectivity index (χ0n) is 10.0. The van der Waals surface area contributed by atoms with E-state index in [0.29, 0.717) is 6.04 Å². The van der Waals surface area contributed by atoms with Gasteiger partial charge in [0, 0.05) is 15.4 Å². The molecule has 0 heterocycles. The Kier molecular flexibility index (Phi) is 7.17. The Morgan fingerprint density at radius 3 is 2.81 bits per heavy atom. The average Bonchev–Trinajstić information content (AvgIpc) is 2.27. The molecule has 1 nitrogen and oxygen atoms in total. The molecule has 1 unspecified atom stereocenters. The van der Waals surface area contributed by atoms with Gasteiger partial charge in [-0.25, -0.2) is 0 Å². The molecule has 0 bridgehead atoms. The van der Waals surface area contributed by atoms with Gasteiger partial charge in [-0.3, -0.25) is 0 Å². The van der Waals surface area contributed by atoms with Gasteiger partial charge in [-0.1, -0.05) is 19.1 Å². The van der Waals surface area contributed by atoms with E-state index in [1.54, 1.807) is 0 Å². The Morgan fingerprint density at radius 2 is 2.12 bits per heavy atom. The molecule has 0 fully saturated rings. The summed E-state index contributed by atoms with van der Waals surface area (Å²) >= 11 is 5.50. The Morgan fingerprint density at radius 1 is 1.38 bits per heavy atom. The van der Waals surface area contributed by atoms with Crippen molar-refractivity contribution >= 4 is 27.7 Å². The molecule has 1 aromatic carbocycles. The summed E-state index contributed by atoms with van der Waals surface area (Å²) in [6.07, 6.45) is 2.52. The molecule has 0 spiro atoms. The molecular formula is C13H20BrNS.